The van der Waals surface area contributed by atoms with Crippen molar-refractivity contribution in [2.75, 3.05) is 37.6 Å². The molecule has 2 aromatic rings. The van der Waals surface area contributed by atoms with Crippen molar-refractivity contribution >= 4 is 17.4 Å². The van der Waals surface area contributed by atoms with Crippen LogP contribution in [0, 0.1) is 0 Å². The molecule has 2 fully saturated rings. The highest BCUT2D eigenvalue weighted by Crippen LogP contribution is 2.33. The lowest BCUT2D eigenvalue weighted by Gasteiger charge is -2.50. The fraction of sp³-hybridized carbons (Fsp3) is 0.381. The number of urea groups is 1. The number of nitrogens with zero attached hydrogens (tertiary/aromatic N) is 2. The number of amides is 2. The molecule has 2 aromatic carbocycles. The SMILES string of the molecule is O=C(N(c1ccccc1)c1ccccc1)N1CCNCC12CCNCC2. The molecule has 0 bridgehead atoms. The molecule has 136 valence electrons. The molecule has 0 saturated carbocycles. The van der Waals surface area contributed by atoms with Gasteiger partial charge >= 0.3 is 6.03 Å². The number of hydrogen-bond donors (Lipinski definition) is 2. The van der Waals surface area contributed by atoms with Crippen LogP contribution >= 0.6 is 0 Å². The Labute approximate surface area is 155 Å². The quantitative estimate of drug-likeness (QED) is 0.875. The van der Waals surface area contributed by atoms with Crippen molar-refractivity contribution in [1.82, 2.24) is 15.5 Å². The molecule has 2 aliphatic rings. The number of piperazine rings is 1. The van der Waals surface area contributed by atoms with Gasteiger partial charge in [0, 0.05) is 19.6 Å². The van der Waals surface area contributed by atoms with Crippen molar-refractivity contribution in [3.05, 3.63) is 60.7 Å². The van der Waals surface area contributed by atoms with Gasteiger partial charge in [-0.3, -0.25) is 4.90 Å². The average Bonchev–Trinajstić information content (AvgIpc) is 2.71. The van der Waals surface area contributed by atoms with Crippen molar-refractivity contribution < 1.29 is 4.79 Å². The Hall–Kier alpha value is -2.37. The van der Waals surface area contributed by atoms with Crippen LogP contribution in [0.4, 0.5) is 16.2 Å². The predicted molar refractivity (Wildman–Crippen MR) is 105 cm³/mol. The Balaban J connectivity index is 1.72. The maximum absolute atomic E-state index is 13.8. The first-order valence-corrected chi connectivity index (χ1v) is 9.43. The highest BCUT2D eigenvalue weighted by molar-refractivity contribution is 5.99. The van der Waals surface area contributed by atoms with Gasteiger partial charge in [-0.15, -0.1) is 0 Å². The van der Waals surface area contributed by atoms with E-state index < -0.39 is 0 Å². The lowest BCUT2D eigenvalue weighted by Crippen LogP contribution is -2.67. The van der Waals surface area contributed by atoms with Crippen LogP contribution in [0.3, 0.4) is 0 Å². The zero-order chi connectivity index (χ0) is 17.8. The summed E-state index contributed by atoms with van der Waals surface area (Å²) in [6.07, 6.45) is 1.98. The van der Waals surface area contributed by atoms with Crippen molar-refractivity contribution in [2.24, 2.45) is 0 Å². The first-order chi connectivity index (χ1) is 12.8. The number of carbonyl (C=O) groups is 1. The van der Waals surface area contributed by atoms with E-state index in [0.29, 0.717) is 0 Å². The van der Waals surface area contributed by atoms with Gasteiger partial charge in [0.05, 0.1) is 16.9 Å². The second kappa shape index (κ2) is 7.48. The van der Waals surface area contributed by atoms with Crippen molar-refractivity contribution in [3.63, 3.8) is 0 Å². The molecule has 2 aliphatic heterocycles. The van der Waals surface area contributed by atoms with Gasteiger partial charge in [0.1, 0.15) is 0 Å². The van der Waals surface area contributed by atoms with Crippen LogP contribution in [-0.2, 0) is 0 Å². The molecule has 0 aromatic heterocycles. The smallest absolute Gasteiger partial charge is 0.317 e. The summed E-state index contributed by atoms with van der Waals surface area (Å²) in [6, 6.07) is 20.0. The summed E-state index contributed by atoms with van der Waals surface area (Å²) in [5, 5.41) is 6.94. The van der Waals surface area contributed by atoms with E-state index >= 15 is 0 Å². The van der Waals surface area contributed by atoms with E-state index in [1.54, 1.807) is 0 Å². The Kier molecular flexibility index (Phi) is 4.91. The Morgan fingerprint density at radius 1 is 0.846 bits per heavy atom. The van der Waals surface area contributed by atoms with Crippen molar-refractivity contribution in [2.45, 2.75) is 18.4 Å². The van der Waals surface area contributed by atoms with Gasteiger partial charge in [-0.1, -0.05) is 36.4 Å². The molecule has 26 heavy (non-hydrogen) atoms. The zero-order valence-electron chi connectivity index (χ0n) is 15.0. The first-order valence-electron chi connectivity index (χ1n) is 9.43. The van der Waals surface area contributed by atoms with Gasteiger partial charge in [-0.25, -0.2) is 4.79 Å². The van der Waals surface area contributed by atoms with Crippen molar-refractivity contribution in [1.29, 1.82) is 0 Å². The summed E-state index contributed by atoms with van der Waals surface area (Å²) in [5.41, 5.74) is 1.72. The molecule has 1 spiro atoms. The highest BCUT2D eigenvalue weighted by Gasteiger charge is 2.44. The number of rotatable bonds is 2. The van der Waals surface area contributed by atoms with Crippen LogP contribution < -0.4 is 15.5 Å². The van der Waals surface area contributed by atoms with E-state index in [4.69, 9.17) is 0 Å². The summed E-state index contributed by atoms with van der Waals surface area (Å²) in [4.78, 5) is 17.7. The normalized spacial score (nSPS) is 19.3. The van der Waals surface area contributed by atoms with Gasteiger partial charge in [-0.2, -0.15) is 0 Å². The molecule has 4 rings (SSSR count). The second-order valence-electron chi connectivity index (χ2n) is 7.09. The molecular formula is C21H26N4O. The number of hydrogen-bond acceptors (Lipinski definition) is 3. The van der Waals surface area contributed by atoms with E-state index in [-0.39, 0.29) is 11.6 Å². The summed E-state index contributed by atoms with van der Waals surface area (Å²) in [5.74, 6) is 0. The van der Waals surface area contributed by atoms with Crippen LogP contribution in [0.5, 0.6) is 0 Å². The van der Waals surface area contributed by atoms with Gasteiger partial charge < -0.3 is 15.5 Å². The zero-order valence-corrected chi connectivity index (χ0v) is 15.0. The molecule has 5 nitrogen and oxygen atoms in total. The standard InChI is InChI=1S/C21H26N4O/c26-20(24-16-15-23-17-21(24)11-13-22-14-12-21)25(18-7-3-1-4-8-18)19-9-5-2-6-10-19/h1-10,22-23H,11-17H2. The topological polar surface area (TPSA) is 47.6 Å². The Morgan fingerprint density at radius 3 is 2.00 bits per heavy atom. The molecule has 2 amide bonds. The summed E-state index contributed by atoms with van der Waals surface area (Å²) < 4.78 is 0. The molecule has 0 atom stereocenters. The maximum atomic E-state index is 13.8. The number of benzene rings is 2. The van der Waals surface area contributed by atoms with Gasteiger partial charge in [0.25, 0.3) is 0 Å². The molecule has 2 N–H and O–H groups in total. The molecule has 0 radical (unpaired) electrons. The number of carbonyl (C=O) groups excluding carboxylic acids is 1. The molecular weight excluding hydrogens is 324 g/mol. The molecule has 0 aliphatic carbocycles. The lowest BCUT2D eigenvalue weighted by molar-refractivity contribution is 0.0668. The van der Waals surface area contributed by atoms with Gasteiger partial charge in [0.2, 0.25) is 0 Å². The predicted octanol–water partition coefficient (Wildman–Crippen LogP) is 2.97. The summed E-state index contributed by atoms with van der Waals surface area (Å²) >= 11 is 0. The Morgan fingerprint density at radius 2 is 1.42 bits per heavy atom. The second-order valence-corrected chi connectivity index (χ2v) is 7.09. The number of piperidine rings is 1. The average molecular weight is 350 g/mol. The maximum Gasteiger partial charge on any atom is 0.329 e. The van der Waals surface area contributed by atoms with Crippen LogP contribution in [0.25, 0.3) is 0 Å². The summed E-state index contributed by atoms with van der Waals surface area (Å²) in [7, 11) is 0. The minimum atomic E-state index is -0.0948. The lowest BCUT2D eigenvalue weighted by atomic mass is 9.85. The fourth-order valence-corrected chi connectivity index (χ4v) is 4.13. The molecule has 2 saturated heterocycles. The molecule has 2 heterocycles. The molecule has 0 unspecified atom stereocenters. The minimum Gasteiger partial charge on any atom is -0.317 e. The van der Waals surface area contributed by atoms with Crippen LogP contribution in [0.2, 0.25) is 0 Å². The van der Waals surface area contributed by atoms with Gasteiger partial charge in [-0.05, 0) is 50.2 Å². The number of anilines is 2. The third-order valence-electron chi connectivity index (χ3n) is 5.52. The van der Waals surface area contributed by atoms with Crippen LogP contribution in [-0.4, -0.2) is 49.2 Å². The van der Waals surface area contributed by atoms with E-state index in [1.807, 2.05) is 65.6 Å². The van der Waals surface area contributed by atoms with E-state index in [9.17, 15) is 4.79 Å². The monoisotopic (exact) mass is 350 g/mol. The van der Waals surface area contributed by atoms with Crippen LogP contribution in [0.1, 0.15) is 12.8 Å². The fourth-order valence-electron chi connectivity index (χ4n) is 4.13. The minimum absolute atomic E-state index is 0.0748. The third-order valence-corrected chi connectivity index (χ3v) is 5.52. The summed E-state index contributed by atoms with van der Waals surface area (Å²) in [6.45, 7) is 4.38. The third kappa shape index (κ3) is 3.20. The van der Waals surface area contributed by atoms with E-state index in [0.717, 1.165) is 56.9 Å². The number of para-hydroxylation sites is 2. The van der Waals surface area contributed by atoms with E-state index in [1.165, 1.54) is 0 Å². The van der Waals surface area contributed by atoms with Crippen LogP contribution in [0.15, 0.2) is 60.7 Å². The van der Waals surface area contributed by atoms with Crippen molar-refractivity contribution in [3.8, 4) is 0 Å². The largest absolute Gasteiger partial charge is 0.329 e. The Bertz CT molecular complexity index is 680. The first kappa shape index (κ1) is 17.1. The van der Waals surface area contributed by atoms with E-state index in [2.05, 4.69) is 15.5 Å². The molecule has 5 heteroatoms. The van der Waals surface area contributed by atoms with Gasteiger partial charge in [0.15, 0.2) is 0 Å². The highest BCUT2D eigenvalue weighted by atomic mass is 16.2. The number of nitrogens with one attached hydrogen (secondary N) is 2.